The number of hydrogen-bond acceptors (Lipinski definition) is 4. The van der Waals surface area contributed by atoms with Gasteiger partial charge in [0, 0.05) is 5.02 Å². The van der Waals surface area contributed by atoms with Crippen molar-refractivity contribution in [2.75, 3.05) is 0 Å². The van der Waals surface area contributed by atoms with Gasteiger partial charge in [0.25, 0.3) is 0 Å². The lowest BCUT2D eigenvalue weighted by atomic mass is 10.1. The highest BCUT2D eigenvalue weighted by molar-refractivity contribution is 7.89. The number of nitrogens with zero attached hydrogens (tertiary/aromatic N) is 2. The molecular formula is C13H17ClN4O2S. The maximum absolute atomic E-state index is 12.4. The van der Waals surface area contributed by atoms with Crippen molar-refractivity contribution in [1.82, 2.24) is 19.9 Å². The minimum atomic E-state index is -3.66. The molecule has 0 radical (unpaired) electrons. The van der Waals surface area contributed by atoms with E-state index in [1.54, 1.807) is 6.92 Å². The van der Waals surface area contributed by atoms with Crippen LogP contribution in [0.1, 0.15) is 31.5 Å². The largest absolute Gasteiger partial charge is 0.263 e. The maximum Gasteiger partial charge on any atom is 0.241 e. The van der Waals surface area contributed by atoms with Crippen molar-refractivity contribution in [3.8, 4) is 0 Å². The fourth-order valence-corrected chi connectivity index (χ4v) is 3.30. The highest BCUT2D eigenvalue weighted by Crippen LogP contribution is 2.22. The van der Waals surface area contributed by atoms with Gasteiger partial charge in [-0.2, -0.15) is 5.10 Å². The van der Waals surface area contributed by atoms with E-state index in [2.05, 4.69) is 19.9 Å². The van der Waals surface area contributed by atoms with Crippen molar-refractivity contribution in [2.24, 2.45) is 5.92 Å². The normalized spacial score (nSPS) is 13.6. The summed E-state index contributed by atoms with van der Waals surface area (Å²) in [5.74, 6) is 1.07. The number of nitrogens with one attached hydrogen (secondary N) is 2. The van der Waals surface area contributed by atoms with Gasteiger partial charge in [-0.1, -0.05) is 25.4 Å². The van der Waals surface area contributed by atoms with Crippen molar-refractivity contribution >= 4 is 21.6 Å². The molecule has 0 saturated carbocycles. The Labute approximate surface area is 129 Å². The second kappa shape index (κ2) is 6.13. The smallest absolute Gasteiger partial charge is 0.241 e. The number of rotatable bonds is 5. The van der Waals surface area contributed by atoms with E-state index in [0.29, 0.717) is 16.7 Å². The van der Waals surface area contributed by atoms with Crippen molar-refractivity contribution < 1.29 is 8.42 Å². The van der Waals surface area contributed by atoms with Crippen LogP contribution in [0.5, 0.6) is 0 Å². The molecule has 0 fully saturated rings. The van der Waals surface area contributed by atoms with Crippen LogP contribution in [-0.4, -0.2) is 23.6 Å². The van der Waals surface area contributed by atoms with E-state index in [1.165, 1.54) is 24.3 Å². The topological polar surface area (TPSA) is 87.7 Å². The number of aromatic amines is 1. The Morgan fingerprint density at radius 3 is 2.33 bits per heavy atom. The van der Waals surface area contributed by atoms with Crippen LogP contribution >= 0.6 is 11.6 Å². The minimum Gasteiger partial charge on any atom is -0.263 e. The molecule has 2 N–H and O–H groups in total. The van der Waals surface area contributed by atoms with Crippen molar-refractivity contribution in [3.05, 3.63) is 40.9 Å². The van der Waals surface area contributed by atoms with Gasteiger partial charge in [-0.3, -0.25) is 5.10 Å². The maximum atomic E-state index is 12.4. The summed E-state index contributed by atoms with van der Waals surface area (Å²) in [4.78, 5) is 4.37. The third-order valence-electron chi connectivity index (χ3n) is 2.97. The summed E-state index contributed by atoms with van der Waals surface area (Å²) in [5.41, 5.74) is 0. The minimum absolute atomic E-state index is 0.00211. The molecule has 0 amide bonds. The zero-order chi connectivity index (χ0) is 15.6. The van der Waals surface area contributed by atoms with Crippen LogP contribution < -0.4 is 4.72 Å². The molecule has 1 aromatic heterocycles. The standard InChI is InChI=1S/C13H17ClN4O2S/c1-8(2)12(13-15-9(3)16-17-13)18-21(19,20)11-6-4-10(14)5-7-11/h4-8,12,18H,1-3H3,(H,15,16,17). The second-order valence-electron chi connectivity index (χ2n) is 5.08. The summed E-state index contributed by atoms with van der Waals surface area (Å²) in [6, 6.07) is 5.50. The Morgan fingerprint density at radius 1 is 1.24 bits per heavy atom. The van der Waals surface area contributed by atoms with Crippen LogP contribution in [0.25, 0.3) is 0 Å². The molecule has 1 unspecified atom stereocenters. The van der Waals surface area contributed by atoms with Crippen LogP contribution in [0.2, 0.25) is 5.02 Å². The summed E-state index contributed by atoms with van der Waals surface area (Å²) >= 11 is 5.78. The van der Waals surface area contributed by atoms with Crippen LogP contribution in [0.15, 0.2) is 29.2 Å². The highest BCUT2D eigenvalue weighted by atomic mass is 35.5. The van der Waals surface area contributed by atoms with Crippen molar-refractivity contribution in [1.29, 1.82) is 0 Å². The lowest BCUT2D eigenvalue weighted by Gasteiger charge is -2.19. The molecule has 2 rings (SSSR count). The number of benzene rings is 1. The van der Waals surface area contributed by atoms with Gasteiger partial charge in [0.05, 0.1) is 10.9 Å². The summed E-state index contributed by atoms with van der Waals surface area (Å²) in [7, 11) is -3.66. The van der Waals surface area contributed by atoms with Gasteiger partial charge in [-0.15, -0.1) is 0 Å². The molecule has 21 heavy (non-hydrogen) atoms. The average Bonchev–Trinajstić information content (AvgIpc) is 2.82. The molecule has 0 aliphatic heterocycles. The number of hydrogen-bond donors (Lipinski definition) is 2. The van der Waals surface area contributed by atoms with Crippen LogP contribution in [0.4, 0.5) is 0 Å². The Hall–Kier alpha value is -1.44. The molecule has 1 heterocycles. The monoisotopic (exact) mass is 328 g/mol. The zero-order valence-electron chi connectivity index (χ0n) is 12.0. The number of aryl methyl sites for hydroxylation is 1. The molecule has 6 nitrogen and oxygen atoms in total. The first-order valence-electron chi connectivity index (χ1n) is 6.46. The van der Waals surface area contributed by atoms with Crippen LogP contribution in [0, 0.1) is 12.8 Å². The fraction of sp³-hybridized carbons (Fsp3) is 0.385. The Morgan fingerprint density at radius 2 is 1.86 bits per heavy atom. The molecule has 0 aliphatic carbocycles. The summed E-state index contributed by atoms with van der Waals surface area (Å²) in [6.45, 7) is 5.57. The quantitative estimate of drug-likeness (QED) is 0.882. The predicted octanol–water partition coefficient (Wildman–Crippen LogP) is 2.44. The van der Waals surface area contributed by atoms with Crippen LogP contribution in [-0.2, 0) is 10.0 Å². The third-order valence-corrected chi connectivity index (χ3v) is 4.67. The van der Waals surface area contributed by atoms with Crippen molar-refractivity contribution in [2.45, 2.75) is 31.7 Å². The van der Waals surface area contributed by atoms with E-state index in [9.17, 15) is 8.42 Å². The van der Waals surface area contributed by atoms with Crippen LogP contribution in [0.3, 0.4) is 0 Å². The molecule has 0 bridgehead atoms. The first-order chi connectivity index (χ1) is 9.79. The summed E-state index contributed by atoms with van der Waals surface area (Å²) in [6.07, 6.45) is 0. The zero-order valence-corrected chi connectivity index (χ0v) is 13.5. The Bertz CT molecular complexity index is 710. The molecule has 114 valence electrons. The molecule has 0 spiro atoms. The molecule has 2 aromatic rings. The van der Waals surface area contributed by atoms with E-state index in [4.69, 9.17) is 11.6 Å². The third kappa shape index (κ3) is 3.81. The average molecular weight is 329 g/mol. The lowest BCUT2D eigenvalue weighted by molar-refractivity contribution is 0.445. The summed E-state index contributed by atoms with van der Waals surface area (Å²) < 4.78 is 27.5. The SMILES string of the molecule is Cc1nc(C(NS(=O)(=O)c2ccc(Cl)cc2)C(C)C)n[nH]1. The molecule has 8 heteroatoms. The molecule has 1 atom stereocenters. The van der Waals surface area contributed by atoms with Gasteiger partial charge in [-0.05, 0) is 37.1 Å². The van der Waals surface area contributed by atoms with Gasteiger partial charge in [0.2, 0.25) is 10.0 Å². The first-order valence-corrected chi connectivity index (χ1v) is 8.32. The van der Waals surface area contributed by atoms with Gasteiger partial charge in [-0.25, -0.2) is 18.1 Å². The molecule has 1 aromatic carbocycles. The van der Waals surface area contributed by atoms with Gasteiger partial charge < -0.3 is 0 Å². The number of H-pyrrole nitrogens is 1. The molecular weight excluding hydrogens is 312 g/mol. The summed E-state index contributed by atoms with van der Waals surface area (Å²) in [5, 5.41) is 7.25. The van der Waals surface area contributed by atoms with E-state index >= 15 is 0 Å². The van der Waals surface area contributed by atoms with Gasteiger partial charge in [0.1, 0.15) is 5.82 Å². The van der Waals surface area contributed by atoms with E-state index in [0.717, 1.165) is 0 Å². The highest BCUT2D eigenvalue weighted by Gasteiger charge is 2.26. The number of aromatic nitrogens is 3. The molecule has 0 aliphatic rings. The molecule has 0 saturated heterocycles. The van der Waals surface area contributed by atoms with Gasteiger partial charge >= 0.3 is 0 Å². The first kappa shape index (κ1) is 15.9. The lowest BCUT2D eigenvalue weighted by Crippen LogP contribution is -2.32. The second-order valence-corrected chi connectivity index (χ2v) is 7.23. The van der Waals surface area contributed by atoms with Crippen molar-refractivity contribution in [3.63, 3.8) is 0 Å². The number of sulfonamides is 1. The van der Waals surface area contributed by atoms with Gasteiger partial charge in [0.15, 0.2) is 5.82 Å². The fourth-order valence-electron chi connectivity index (χ4n) is 1.83. The van der Waals surface area contributed by atoms with E-state index in [-0.39, 0.29) is 10.8 Å². The van der Waals surface area contributed by atoms with E-state index in [1.807, 2.05) is 13.8 Å². The van der Waals surface area contributed by atoms with E-state index < -0.39 is 16.1 Å². The predicted molar refractivity (Wildman–Crippen MR) is 80.5 cm³/mol. The Kier molecular flexibility index (Phi) is 4.65. The number of halogens is 1. The Balaban J connectivity index is 2.30.